The predicted octanol–water partition coefficient (Wildman–Crippen LogP) is 1.16. The summed E-state index contributed by atoms with van der Waals surface area (Å²) >= 11 is 0. The van der Waals surface area contributed by atoms with Gasteiger partial charge in [-0.05, 0) is 12.8 Å². The molecule has 0 radical (unpaired) electrons. The molecule has 0 bridgehead atoms. The Bertz CT molecular complexity index is 365. The first kappa shape index (κ1) is 13.4. The molecule has 0 amide bonds. The number of aryl methyl sites for hydroxylation is 1. The Morgan fingerprint density at radius 1 is 1.62 bits per heavy atom. The van der Waals surface area contributed by atoms with Crippen LogP contribution in [0.5, 0.6) is 0 Å². The summed E-state index contributed by atoms with van der Waals surface area (Å²) in [5, 5.41) is 0. The zero-order valence-corrected chi connectivity index (χ0v) is 12.5. The van der Waals surface area contributed by atoms with E-state index in [1.54, 1.807) is 6.33 Å². The summed E-state index contributed by atoms with van der Waals surface area (Å²) in [5.41, 5.74) is 1.16. The molecule has 0 spiro atoms. The second-order valence-electron chi connectivity index (χ2n) is 4.10. The third-order valence-electron chi connectivity index (χ3n) is 3.14. The minimum absolute atomic E-state index is 0. The quantitative estimate of drug-likeness (QED) is 0.726. The molecule has 2 atom stereocenters. The fourth-order valence-electron chi connectivity index (χ4n) is 2.16. The Labute approximate surface area is 110 Å². The molecule has 16 heavy (non-hydrogen) atoms. The number of esters is 1. The SMILES string of the molecule is CC[C@H]1C(=O)OC[C@H]1Cc1cncn1C.[W]. The molecule has 0 unspecified atom stereocenters. The van der Waals surface area contributed by atoms with Gasteiger partial charge in [0.2, 0.25) is 0 Å². The van der Waals surface area contributed by atoms with Gasteiger partial charge >= 0.3 is 5.97 Å². The van der Waals surface area contributed by atoms with Crippen molar-refractivity contribution in [3.63, 3.8) is 0 Å². The molecule has 1 aliphatic heterocycles. The number of imidazole rings is 1. The van der Waals surface area contributed by atoms with Gasteiger partial charge < -0.3 is 9.30 Å². The summed E-state index contributed by atoms with van der Waals surface area (Å²) < 4.78 is 7.08. The molecule has 1 aromatic heterocycles. The zero-order chi connectivity index (χ0) is 10.8. The number of nitrogens with zero attached hydrogens (tertiary/aromatic N) is 2. The van der Waals surface area contributed by atoms with E-state index in [9.17, 15) is 4.79 Å². The largest absolute Gasteiger partial charge is 0.465 e. The summed E-state index contributed by atoms with van der Waals surface area (Å²) in [6.45, 7) is 2.59. The number of ether oxygens (including phenoxy) is 1. The van der Waals surface area contributed by atoms with Crippen LogP contribution in [0.2, 0.25) is 0 Å². The van der Waals surface area contributed by atoms with Crippen LogP contribution in [0.3, 0.4) is 0 Å². The molecular formula is C11H16N2O2W. The van der Waals surface area contributed by atoms with E-state index in [0.717, 1.165) is 18.5 Å². The topological polar surface area (TPSA) is 44.1 Å². The van der Waals surface area contributed by atoms with Crippen molar-refractivity contribution in [3.05, 3.63) is 18.2 Å². The van der Waals surface area contributed by atoms with Crippen molar-refractivity contribution in [1.29, 1.82) is 0 Å². The van der Waals surface area contributed by atoms with E-state index in [-0.39, 0.29) is 33.0 Å². The molecule has 2 heterocycles. The van der Waals surface area contributed by atoms with E-state index in [4.69, 9.17) is 4.74 Å². The third-order valence-corrected chi connectivity index (χ3v) is 3.14. The Morgan fingerprint density at radius 2 is 2.38 bits per heavy atom. The van der Waals surface area contributed by atoms with Gasteiger partial charge in [-0.15, -0.1) is 0 Å². The number of hydrogen-bond acceptors (Lipinski definition) is 3. The van der Waals surface area contributed by atoms with E-state index in [2.05, 4.69) is 4.98 Å². The molecule has 0 saturated carbocycles. The van der Waals surface area contributed by atoms with Gasteiger partial charge in [-0.2, -0.15) is 0 Å². The van der Waals surface area contributed by atoms with E-state index in [1.807, 2.05) is 24.7 Å². The van der Waals surface area contributed by atoms with Gasteiger partial charge in [-0.1, -0.05) is 6.92 Å². The predicted molar refractivity (Wildman–Crippen MR) is 55.1 cm³/mol. The fourth-order valence-corrected chi connectivity index (χ4v) is 2.16. The van der Waals surface area contributed by atoms with Crippen molar-refractivity contribution < 1.29 is 30.6 Å². The average molecular weight is 392 g/mol. The average Bonchev–Trinajstić information content (AvgIpc) is 2.76. The number of carbonyl (C=O) groups excluding carboxylic acids is 1. The third kappa shape index (κ3) is 2.54. The monoisotopic (exact) mass is 392 g/mol. The molecule has 0 aliphatic carbocycles. The minimum Gasteiger partial charge on any atom is -0.465 e. The molecule has 1 saturated heterocycles. The normalized spacial score (nSPS) is 24.0. The number of carbonyl (C=O) groups is 1. The van der Waals surface area contributed by atoms with Crippen molar-refractivity contribution in [3.8, 4) is 0 Å². The first-order valence-electron chi connectivity index (χ1n) is 5.34. The van der Waals surface area contributed by atoms with E-state index in [1.165, 1.54) is 0 Å². The van der Waals surface area contributed by atoms with Gasteiger partial charge in [-0.25, -0.2) is 4.98 Å². The number of cyclic esters (lactones) is 1. The Hall–Kier alpha value is -0.632. The smallest absolute Gasteiger partial charge is 0.309 e. The van der Waals surface area contributed by atoms with Crippen LogP contribution in [-0.2, 0) is 44.1 Å². The van der Waals surface area contributed by atoms with Gasteiger partial charge in [-0.3, -0.25) is 4.79 Å². The summed E-state index contributed by atoms with van der Waals surface area (Å²) in [5.74, 6) is 0.350. The fraction of sp³-hybridized carbons (Fsp3) is 0.636. The van der Waals surface area contributed by atoms with E-state index in [0.29, 0.717) is 12.5 Å². The number of aromatic nitrogens is 2. The van der Waals surface area contributed by atoms with Gasteiger partial charge in [0.25, 0.3) is 0 Å². The van der Waals surface area contributed by atoms with Crippen molar-refractivity contribution in [2.45, 2.75) is 19.8 Å². The van der Waals surface area contributed by atoms with Crippen LogP contribution in [0.15, 0.2) is 12.5 Å². The molecule has 2 rings (SSSR count). The zero-order valence-electron chi connectivity index (χ0n) is 9.55. The Kier molecular flexibility index (Phi) is 4.72. The minimum atomic E-state index is -0.0373. The molecule has 0 N–H and O–H groups in total. The van der Waals surface area contributed by atoms with Crippen LogP contribution in [0, 0.1) is 11.8 Å². The van der Waals surface area contributed by atoms with Crippen LogP contribution >= 0.6 is 0 Å². The standard InChI is InChI=1S/C11H16N2O2.W/c1-3-10-8(6-15-11(10)14)4-9-5-12-7-13(9)2;/h5,7-8,10H,3-4,6H2,1-2H3;/t8-,10-;/m1./s1. The summed E-state index contributed by atoms with van der Waals surface area (Å²) in [7, 11) is 1.97. The molecule has 88 valence electrons. The van der Waals surface area contributed by atoms with E-state index >= 15 is 0 Å². The summed E-state index contributed by atoms with van der Waals surface area (Å²) in [6.07, 6.45) is 5.38. The molecule has 5 heteroatoms. The molecular weight excluding hydrogens is 376 g/mol. The van der Waals surface area contributed by atoms with Crippen LogP contribution in [0.4, 0.5) is 0 Å². The maximum atomic E-state index is 11.4. The molecule has 1 aliphatic rings. The van der Waals surface area contributed by atoms with Crippen LogP contribution < -0.4 is 0 Å². The maximum absolute atomic E-state index is 11.4. The molecule has 1 aromatic rings. The van der Waals surface area contributed by atoms with Gasteiger partial charge in [0.15, 0.2) is 0 Å². The summed E-state index contributed by atoms with van der Waals surface area (Å²) in [6, 6.07) is 0. The molecule has 1 fully saturated rings. The Balaban J connectivity index is 0.00000128. The van der Waals surface area contributed by atoms with Crippen molar-refractivity contribution in [2.24, 2.45) is 18.9 Å². The van der Waals surface area contributed by atoms with Crippen molar-refractivity contribution in [1.82, 2.24) is 9.55 Å². The van der Waals surface area contributed by atoms with Crippen molar-refractivity contribution >= 4 is 5.97 Å². The van der Waals surface area contributed by atoms with Crippen molar-refractivity contribution in [2.75, 3.05) is 6.61 Å². The number of hydrogen-bond donors (Lipinski definition) is 0. The van der Waals surface area contributed by atoms with Crippen LogP contribution in [0.1, 0.15) is 19.0 Å². The number of rotatable bonds is 3. The van der Waals surface area contributed by atoms with E-state index < -0.39 is 0 Å². The Morgan fingerprint density at radius 3 is 2.94 bits per heavy atom. The summed E-state index contributed by atoms with van der Waals surface area (Å²) in [4.78, 5) is 15.5. The molecule has 0 aromatic carbocycles. The van der Waals surface area contributed by atoms with Gasteiger partial charge in [0, 0.05) is 45.9 Å². The first-order valence-corrected chi connectivity index (χ1v) is 5.34. The molecule has 4 nitrogen and oxygen atoms in total. The maximum Gasteiger partial charge on any atom is 0.309 e. The van der Waals surface area contributed by atoms with Crippen LogP contribution in [0.25, 0.3) is 0 Å². The van der Waals surface area contributed by atoms with Gasteiger partial charge in [0.05, 0.1) is 18.9 Å². The van der Waals surface area contributed by atoms with Crippen LogP contribution in [-0.4, -0.2) is 22.1 Å². The second kappa shape index (κ2) is 5.62. The second-order valence-corrected chi connectivity index (χ2v) is 4.10. The first-order chi connectivity index (χ1) is 7.22. The van der Waals surface area contributed by atoms with Gasteiger partial charge in [0.1, 0.15) is 0 Å².